The summed E-state index contributed by atoms with van der Waals surface area (Å²) >= 11 is 1.46. The number of nitro groups is 1. The van der Waals surface area contributed by atoms with Crippen molar-refractivity contribution < 1.29 is 17.7 Å². The molecule has 0 unspecified atom stereocenters. The second kappa shape index (κ2) is 7.69. The molecule has 1 N–H and O–H groups in total. The van der Waals surface area contributed by atoms with Crippen molar-refractivity contribution in [1.29, 1.82) is 0 Å². The molecule has 1 aliphatic rings. The topological polar surface area (TPSA) is 92.5 Å². The Morgan fingerprint density at radius 1 is 1.14 bits per heavy atom. The number of nitrogens with one attached hydrogen (secondary N) is 1. The molecule has 152 valence electrons. The van der Waals surface area contributed by atoms with Gasteiger partial charge >= 0.3 is 0 Å². The van der Waals surface area contributed by atoms with Gasteiger partial charge in [0.25, 0.3) is 5.69 Å². The smallest absolute Gasteiger partial charge is 0.293 e. The summed E-state index contributed by atoms with van der Waals surface area (Å²) in [5.41, 5.74) is -0.0589. The molecule has 2 heterocycles. The number of nitro benzene ring substituents is 1. The number of anilines is 1. The average molecular weight is 436 g/mol. The van der Waals surface area contributed by atoms with E-state index in [1.165, 1.54) is 39.9 Å². The van der Waals surface area contributed by atoms with Crippen LogP contribution < -0.4 is 5.32 Å². The molecule has 4 rings (SSSR count). The number of benzene rings is 2. The van der Waals surface area contributed by atoms with E-state index in [0.717, 1.165) is 33.9 Å². The number of rotatable bonds is 6. The fourth-order valence-corrected chi connectivity index (χ4v) is 5.91. The molecule has 0 aliphatic carbocycles. The van der Waals surface area contributed by atoms with Crippen molar-refractivity contribution in [3.05, 3.63) is 63.3 Å². The third-order valence-electron chi connectivity index (χ3n) is 4.85. The van der Waals surface area contributed by atoms with Gasteiger partial charge in [0.15, 0.2) is 0 Å². The van der Waals surface area contributed by atoms with Crippen LogP contribution in [0, 0.1) is 15.9 Å². The van der Waals surface area contributed by atoms with Gasteiger partial charge in [-0.15, -0.1) is 11.3 Å². The lowest BCUT2D eigenvalue weighted by Gasteiger charge is -2.16. The van der Waals surface area contributed by atoms with Gasteiger partial charge in [-0.25, -0.2) is 12.8 Å². The molecule has 0 radical (unpaired) electrons. The van der Waals surface area contributed by atoms with Crippen molar-refractivity contribution in [3.63, 3.8) is 0 Å². The molecule has 29 heavy (non-hydrogen) atoms. The van der Waals surface area contributed by atoms with Gasteiger partial charge in [0, 0.05) is 35.3 Å². The highest BCUT2D eigenvalue weighted by Crippen LogP contribution is 2.32. The summed E-state index contributed by atoms with van der Waals surface area (Å²) in [6.07, 6.45) is 1.58. The lowest BCUT2D eigenvalue weighted by molar-refractivity contribution is -0.384. The number of halogens is 1. The van der Waals surface area contributed by atoms with Crippen LogP contribution >= 0.6 is 11.3 Å². The highest BCUT2D eigenvalue weighted by molar-refractivity contribution is 7.89. The molecule has 0 spiro atoms. The Hall–Kier alpha value is -2.56. The van der Waals surface area contributed by atoms with Gasteiger partial charge in [-0.1, -0.05) is 0 Å². The molecule has 2 aromatic carbocycles. The van der Waals surface area contributed by atoms with E-state index in [-0.39, 0.29) is 22.1 Å². The second-order valence-corrected chi connectivity index (χ2v) is 9.90. The summed E-state index contributed by atoms with van der Waals surface area (Å²) < 4.78 is 41.0. The van der Waals surface area contributed by atoms with Gasteiger partial charge in [-0.3, -0.25) is 10.1 Å². The molecule has 1 fully saturated rings. The summed E-state index contributed by atoms with van der Waals surface area (Å²) in [6.45, 7) is 1.17. The van der Waals surface area contributed by atoms with Crippen LogP contribution in [0.15, 0.2) is 47.4 Å². The Balaban J connectivity index is 1.58. The van der Waals surface area contributed by atoms with Gasteiger partial charge < -0.3 is 5.32 Å². The van der Waals surface area contributed by atoms with Crippen molar-refractivity contribution in [2.75, 3.05) is 18.4 Å². The van der Waals surface area contributed by atoms with E-state index >= 15 is 0 Å². The minimum atomic E-state index is -3.73. The van der Waals surface area contributed by atoms with Crippen molar-refractivity contribution in [2.45, 2.75) is 24.3 Å². The Morgan fingerprint density at radius 2 is 1.90 bits per heavy atom. The van der Waals surface area contributed by atoms with Crippen LogP contribution in [0.4, 0.5) is 15.8 Å². The van der Waals surface area contributed by atoms with Crippen molar-refractivity contribution in [1.82, 2.24) is 4.31 Å². The van der Waals surface area contributed by atoms with Crippen LogP contribution in [0.25, 0.3) is 10.1 Å². The van der Waals surface area contributed by atoms with E-state index in [2.05, 4.69) is 5.32 Å². The Kier molecular flexibility index (Phi) is 5.24. The molecule has 3 aromatic rings. The maximum absolute atomic E-state index is 13.3. The van der Waals surface area contributed by atoms with E-state index in [0.29, 0.717) is 19.6 Å². The van der Waals surface area contributed by atoms with Crippen LogP contribution in [-0.4, -0.2) is 30.7 Å². The number of thiophene rings is 1. The number of sulfonamides is 1. The van der Waals surface area contributed by atoms with E-state index < -0.39 is 14.9 Å². The Morgan fingerprint density at radius 3 is 2.62 bits per heavy atom. The molecule has 10 heteroatoms. The Labute approximate surface area is 171 Å². The summed E-state index contributed by atoms with van der Waals surface area (Å²) in [6, 6.07) is 10.3. The third kappa shape index (κ3) is 3.96. The summed E-state index contributed by atoms with van der Waals surface area (Å²) in [7, 11) is -3.73. The first kappa shape index (κ1) is 19.7. The standard InChI is InChI=1S/C19H18FN3O4S2/c20-14-3-6-19-13(9-14)10-15(28-19)12-21-17-5-4-16(11-18(17)23(24)25)29(26,27)22-7-1-2-8-22/h3-6,9-11,21H,1-2,7-8,12H2. The lowest BCUT2D eigenvalue weighted by atomic mass is 10.2. The monoisotopic (exact) mass is 435 g/mol. The normalized spacial score (nSPS) is 15.1. The van der Waals surface area contributed by atoms with Gasteiger partial charge in [0.05, 0.1) is 9.82 Å². The predicted molar refractivity (Wildman–Crippen MR) is 110 cm³/mol. The molecule has 1 aliphatic heterocycles. The quantitative estimate of drug-likeness (QED) is 0.459. The minimum Gasteiger partial charge on any atom is -0.375 e. The molecular formula is C19H18FN3O4S2. The molecule has 7 nitrogen and oxygen atoms in total. The largest absolute Gasteiger partial charge is 0.375 e. The molecular weight excluding hydrogens is 417 g/mol. The van der Waals surface area contributed by atoms with E-state index in [9.17, 15) is 22.9 Å². The van der Waals surface area contributed by atoms with E-state index in [1.807, 2.05) is 6.07 Å². The second-order valence-electron chi connectivity index (χ2n) is 6.80. The summed E-state index contributed by atoms with van der Waals surface area (Å²) in [5, 5.41) is 15.3. The highest BCUT2D eigenvalue weighted by Gasteiger charge is 2.29. The first-order chi connectivity index (χ1) is 13.8. The average Bonchev–Trinajstić information content (AvgIpc) is 3.35. The Bertz CT molecular complexity index is 1190. The van der Waals surface area contributed by atoms with Crippen LogP contribution in [0.1, 0.15) is 17.7 Å². The lowest BCUT2D eigenvalue weighted by Crippen LogP contribution is -2.27. The van der Waals surface area contributed by atoms with E-state index in [1.54, 1.807) is 6.07 Å². The zero-order valence-corrected chi connectivity index (χ0v) is 16.9. The van der Waals surface area contributed by atoms with Crippen LogP contribution in [0.3, 0.4) is 0 Å². The molecule has 0 atom stereocenters. The highest BCUT2D eigenvalue weighted by atomic mass is 32.2. The molecule has 0 bridgehead atoms. The molecule has 0 amide bonds. The van der Waals surface area contributed by atoms with Gasteiger partial charge in [-0.2, -0.15) is 4.31 Å². The predicted octanol–water partition coefficient (Wildman–Crippen LogP) is 4.35. The van der Waals surface area contributed by atoms with Crippen LogP contribution in [0.2, 0.25) is 0 Å². The first-order valence-corrected chi connectivity index (χ1v) is 11.3. The maximum atomic E-state index is 13.3. The summed E-state index contributed by atoms with van der Waals surface area (Å²) in [5.74, 6) is -0.319. The number of hydrogen-bond donors (Lipinski definition) is 1. The van der Waals surface area contributed by atoms with Crippen molar-refractivity contribution in [2.24, 2.45) is 0 Å². The van der Waals surface area contributed by atoms with Crippen LogP contribution in [-0.2, 0) is 16.6 Å². The van der Waals surface area contributed by atoms with Gasteiger partial charge in [-0.05, 0) is 54.6 Å². The zero-order valence-electron chi connectivity index (χ0n) is 15.3. The first-order valence-electron chi connectivity index (χ1n) is 9.05. The molecule has 0 saturated carbocycles. The molecule has 1 aromatic heterocycles. The minimum absolute atomic E-state index is 0.0750. The maximum Gasteiger partial charge on any atom is 0.293 e. The fourth-order valence-electron chi connectivity index (χ4n) is 3.39. The van der Waals surface area contributed by atoms with Crippen molar-refractivity contribution in [3.8, 4) is 0 Å². The van der Waals surface area contributed by atoms with Gasteiger partial charge in [0.1, 0.15) is 11.5 Å². The zero-order chi connectivity index (χ0) is 20.6. The van der Waals surface area contributed by atoms with E-state index in [4.69, 9.17) is 0 Å². The third-order valence-corrected chi connectivity index (χ3v) is 7.86. The SMILES string of the molecule is O=[N+]([O-])c1cc(S(=O)(=O)N2CCCC2)ccc1NCc1cc2cc(F)ccc2s1. The number of hydrogen-bond acceptors (Lipinski definition) is 6. The van der Waals surface area contributed by atoms with Gasteiger partial charge in [0.2, 0.25) is 10.0 Å². The summed E-state index contributed by atoms with van der Waals surface area (Å²) in [4.78, 5) is 11.7. The van der Waals surface area contributed by atoms with Crippen molar-refractivity contribution >= 4 is 42.8 Å². The number of nitrogens with zero attached hydrogens (tertiary/aromatic N) is 2. The fraction of sp³-hybridized carbons (Fsp3) is 0.263. The number of fused-ring (bicyclic) bond motifs is 1. The molecule has 1 saturated heterocycles. The van der Waals surface area contributed by atoms with Crippen LogP contribution in [0.5, 0.6) is 0 Å².